The Morgan fingerprint density at radius 2 is 1.92 bits per heavy atom. The van der Waals surface area contributed by atoms with E-state index in [1.807, 2.05) is 0 Å². The van der Waals surface area contributed by atoms with E-state index in [2.05, 4.69) is 5.32 Å². The Morgan fingerprint density at radius 3 is 2.33 bits per heavy atom. The maximum atomic E-state index is 9.00. The van der Waals surface area contributed by atoms with Crippen LogP contribution in [0.5, 0.6) is 5.75 Å². The summed E-state index contributed by atoms with van der Waals surface area (Å²) in [5, 5.41) is 20.9. The average Bonchev–Trinajstić information content (AvgIpc) is 2.10. The topological polar surface area (TPSA) is 52.5 Å². The highest BCUT2D eigenvalue weighted by atomic mass is 16.3. The Bertz CT molecular complexity index is 229. The zero-order chi connectivity index (χ0) is 8.97. The molecule has 0 bridgehead atoms. The maximum absolute atomic E-state index is 9.00. The van der Waals surface area contributed by atoms with Crippen LogP contribution in [0.1, 0.15) is 11.6 Å². The lowest BCUT2D eigenvalue weighted by Crippen LogP contribution is -2.19. The van der Waals surface area contributed by atoms with E-state index in [4.69, 9.17) is 10.2 Å². The highest BCUT2D eigenvalue weighted by Gasteiger charge is 2.05. The number of hydrogen-bond acceptors (Lipinski definition) is 3. The molecule has 0 aliphatic carbocycles. The summed E-state index contributed by atoms with van der Waals surface area (Å²) < 4.78 is 0. The van der Waals surface area contributed by atoms with Gasteiger partial charge in [-0.1, -0.05) is 12.1 Å². The first-order valence-electron chi connectivity index (χ1n) is 3.85. The van der Waals surface area contributed by atoms with Crippen LogP contribution < -0.4 is 5.32 Å². The number of aromatic hydroxyl groups is 1. The third-order valence-corrected chi connectivity index (χ3v) is 1.83. The normalized spacial score (nSPS) is 12.8. The van der Waals surface area contributed by atoms with Gasteiger partial charge >= 0.3 is 0 Å². The molecule has 1 atom stereocenters. The molecule has 0 saturated carbocycles. The summed E-state index contributed by atoms with van der Waals surface area (Å²) in [7, 11) is 1.79. The number of aliphatic hydroxyl groups excluding tert-OH is 1. The van der Waals surface area contributed by atoms with Gasteiger partial charge in [0.2, 0.25) is 0 Å². The van der Waals surface area contributed by atoms with Crippen molar-refractivity contribution < 1.29 is 10.2 Å². The SMILES string of the molecule is CNC(CO)c1ccc(O)cc1. The van der Waals surface area contributed by atoms with E-state index in [9.17, 15) is 0 Å². The molecule has 3 heteroatoms. The van der Waals surface area contributed by atoms with Crippen molar-refractivity contribution in [1.29, 1.82) is 0 Å². The van der Waals surface area contributed by atoms with Crippen LogP contribution >= 0.6 is 0 Å². The van der Waals surface area contributed by atoms with Crippen LogP contribution in [-0.4, -0.2) is 23.9 Å². The third-order valence-electron chi connectivity index (χ3n) is 1.83. The van der Waals surface area contributed by atoms with Crippen LogP contribution in [0, 0.1) is 0 Å². The molecule has 0 aliphatic heterocycles. The van der Waals surface area contributed by atoms with Gasteiger partial charge in [0.05, 0.1) is 12.6 Å². The second kappa shape index (κ2) is 4.09. The molecule has 0 amide bonds. The van der Waals surface area contributed by atoms with E-state index < -0.39 is 0 Å². The van der Waals surface area contributed by atoms with Crippen LogP contribution in [0.15, 0.2) is 24.3 Å². The van der Waals surface area contributed by atoms with Gasteiger partial charge in [0.15, 0.2) is 0 Å². The number of hydrogen-bond donors (Lipinski definition) is 3. The van der Waals surface area contributed by atoms with Crippen molar-refractivity contribution in [3.8, 4) is 5.75 Å². The Hall–Kier alpha value is -1.06. The van der Waals surface area contributed by atoms with E-state index in [1.165, 1.54) is 0 Å². The maximum Gasteiger partial charge on any atom is 0.115 e. The van der Waals surface area contributed by atoms with Gasteiger partial charge in [-0.05, 0) is 24.7 Å². The standard InChI is InChI=1S/C9H13NO2/c1-10-9(6-11)7-2-4-8(12)5-3-7/h2-5,9-12H,6H2,1H3. The quantitative estimate of drug-likeness (QED) is 0.619. The summed E-state index contributed by atoms with van der Waals surface area (Å²) in [6.45, 7) is 0.0568. The molecule has 0 spiro atoms. The summed E-state index contributed by atoms with van der Waals surface area (Å²) in [6.07, 6.45) is 0. The van der Waals surface area contributed by atoms with Crippen molar-refractivity contribution in [2.24, 2.45) is 0 Å². The van der Waals surface area contributed by atoms with Crippen LogP contribution in [0.3, 0.4) is 0 Å². The van der Waals surface area contributed by atoms with Gasteiger partial charge in [0, 0.05) is 0 Å². The van der Waals surface area contributed by atoms with Gasteiger partial charge in [-0.3, -0.25) is 0 Å². The summed E-state index contributed by atoms with van der Waals surface area (Å²) in [6, 6.07) is 6.73. The largest absolute Gasteiger partial charge is 0.508 e. The molecule has 0 saturated heterocycles. The molecule has 12 heavy (non-hydrogen) atoms. The Labute approximate surface area is 71.7 Å². The molecule has 0 radical (unpaired) electrons. The summed E-state index contributed by atoms with van der Waals surface area (Å²) in [4.78, 5) is 0. The first kappa shape index (κ1) is 9.03. The monoisotopic (exact) mass is 167 g/mol. The molecule has 1 rings (SSSR count). The predicted molar refractivity (Wildman–Crippen MR) is 47.0 cm³/mol. The van der Waals surface area contributed by atoms with Gasteiger partial charge in [-0.15, -0.1) is 0 Å². The average molecular weight is 167 g/mol. The molecule has 3 nitrogen and oxygen atoms in total. The molecule has 3 N–H and O–H groups in total. The van der Waals surface area contributed by atoms with E-state index >= 15 is 0 Å². The van der Waals surface area contributed by atoms with Crippen molar-refractivity contribution in [3.05, 3.63) is 29.8 Å². The van der Waals surface area contributed by atoms with E-state index in [0.717, 1.165) is 5.56 Å². The van der Waals surface area contributed by atoms with Crippen LogP contribution in [-0.2, 0) is 0 Å². The predicted octanol–water partition coefficient (Wildman–Crippen LogP) is 0.645. The van der Waals surface area contributed by atoms with E-state index in [-0.39, 0.29) is 18.4 Å². The molecular weight excluding hydrogens is 154 g/mol. The molecule has 0 aliphatic rings. The third kappa shape index (κ3) is 1.96. The van der Waals surface area contributed by atoms with Gasteiger partial charge in [0.1, 0.15) is 5.75 Å². The lowest BCUT2D eigenvalue weighted by molar-refractivity contribution is 0.251. The van der Waals surface area contributed by atoms with Crippen molar-refractivity contribution in [1.82, 2.24) is 5.32 Å². The highest BCUT2D eigenvalue weighted by molar-refractivity contribution is 5.27. The van der Waals surface area contributed by atoms with E-state index in [1.54, 1.807) is 31.3 Å². The first-order chi connectivity index (χ1) is 5.77. The Balaban J connectivity index is 2.80. The fraction of sp³-hybridized carbons (Fsp3) is 0.333. The summed E-state index contributed by atoms with van der Waals surface area (Å²) >= 11 is 0. The summed E-state index contributed by atoms with van der Waals surface area (Å²) in [5.74, 6) is 0.242. The number of aliphatic hydroxyl groups is 1. The number of phenolic OH excluding ortho intramolecular Hbond substituents is 1. The first-order valence-corrected chi connectivity index (χ1v) is 3.85. The van der Waals surface area contributed by atoms with Crippen molar-refractivity contribution in [2.75, 3.05) is 13.7 Å². The molecule has 1 aromatic rings. The van der Waals surface area contributed by atoms with Gasteiger partial charge in [-0.25, -0.2) is 0 Å². The van der Waals surface area contributed by atoms with Crippen molar-refractivity contribution in [3.63, 3.8) is 0 Å². The van der Waals surface area contributed by atoms with Crippen LogP contribution in [0.4, 0.5) is 0 Å². The fourth-order valence-corrected chi connectivity index (χ4v) is 1.07. The Morgan fingerprint density at radius 1 is 1.33 bits per heavy atom. The molecule has 0 fully saturated rings. The minimum Gasteiger partial charge on any atom is -0.508 e. The second-order valence-corrected chi connectivity index (χ2v) is 2.62. The second-order valence-electron chi connectivity index (χ2n) is 2.62. The number of benzene rings is 1. The lowest BCUT2D eigenvalue weighted by Gasteiger charge is -2.12. The number of phenols is 1. The van der Waals surface area contributed by atoms with Crippen LogP contribution in [0.2, 0.25) is 0 Å². The Kier molecular flexibility index (Phi) is 3.08. The summed E-state index contributed by atoms with van der Waals surface area (Å²) in [5.41, 5.74) is 0.970. The lowest BCUT2D eigenvalue weighted by atomic mass is 10.1. The van der Waals surface area contributed by atoms with E-state index in [0.29, 0.717) is 0 Å². The number of rotatable bonds is 3. The van der Waals surface area contributed by atoms with Crippen LogP contribution in [0.25, 0.3) is 0 Å². The molecule has 0 heterocycles. The molecule has 0 aromatic heterocycles. The van der Waals surface area contributed by atoms with Gasteiger partial charge in [-0.2, -0.15) is 0 Å². The molecular formula is C9H13NO2. The smallest absolute Gasteiger partial charge is 0.115 e. The zero-order valence-electron chi connectivity index (χ0n) is 6.99. The molecule has 1 unspecified atom stereocenters. The minimum atomic E-state index is -0.0504. The number of likely N-dealkylation sites (N-methyl/N-ethyl adjacent to an activating group) is 1. The minimum absolute atomic E-state index is 0.0504. The van der Waals surface area contributed by atoms with Gasteiger partial charge < -0.3 is 15.5 Å². The molecule has 1 aromatic carbocycles. The van der Waals surface area contributed by atoms with Crippen molar-refractivity contribution in [2.45, 2.75) is 6.04 Å². The fourth-order valence-electron chi connectivity index (χ4n) is 1.07. The molecule has 66 valence electrons. The van der Waals surface area contributed by atoms with Crippen molar-refractivity contribution >= 4 is 0 Å². The van der Waals surface area contributed by atoms with Gasteiger partial charge in [0.25, 0.3) is 0 Å². The highest BCUT2D eigenvalue weighted by Crippen LogP contribution is 2.15. The zero-order valence-corrected chi connectivity index (χ0v) is 6.99. The number of nitrogens with one attached hydrogen (secondary N) is 1.